The number of likely N-dealkylation sites (tertiary alicyclic amines) is 1. The summed E-state index contributed by atoms with van der Waals surface area (Å²) in [5.41, 5.74) is 0. The molecule has 3 rings (SSSR count). The first kappa shape index (κ1) is 14.1. The van der Waals surface area contributed by atoms with Gasteiger partial charge in [-0.3, -0.25) is 9.59 Å². The van der Waals surface area contributed by atoms with Crippen LogP contribution >= 0.6 is 11.3 Å². The number of ether oxygens (including phenoxy) is 1. The first-order valence-electron chi connectivity index (χ1n) is 7.04. The van der Waals surface area contributed by atoms with Gasteiger partial charge in [-0.25, -0.2) is 0 Å². The monoisotopic (exact) mass is 303 g/mol. The van der Waals surface area contributed by atoms with Crippen LogP contribution in [0.15, 0.2) is 30.3 Å². The van der Waals surface area contributed by atoms with Gasteiger partial charge in [0.15, 0.2) is 0 Å². The summed E-state index contributed by atoms with van der Waals surface area (Å²) in [6.45, 7) is 1.24. The molecule has 1 aromatic heterocycles. The Bertz CT molecular complexity index is 638. The fourth-order valence-corrected chi connectivity index (χ4v) is 3.76. The molecule has 1 aliphatic rings. The van der Waals surface area contributed by atoms with E-state index in [2.05, 4.69) is 0 Å². The summed E-state index contributed by atoms with van der Waals surface area (Å²) < 4.78 is 5.90. The molecule has 1 aliphatic heterocycles. The number of hydrogen-bond acceptors (Lipinski definition) is 4. The summed E-state index contributed by atoms with van der Waals surface area (Å²) in [6, 6.07) is 9.96. The third-order valence-electron chi connectivity index (χ3n) is 3.95. The highest BCUT2D eigenvalue weighted by Gasteiger charge is 2.28. The SMILES string of the molecule is COC(=O)C1CCN(C(=O)c2cc3ccccc3s2)CC1. The van der Waals surface area contributed by atoms with Gasteiger partial charge in [-0.1, -0.05) is 18.2 Å². The van der Waals surface area contributed by atoms with Crippen molar-refractivity contribution < 1.29 is 14.3 Å². The van der Waals surface area contributed by atoms with Crippen LogP contribution in [-0.2, 0) is 9.53 Å². The average molecular weight is 303 g/mol. The molecule has 110 valence electrons. The van der Waals surface area contributed by atoms with E-state index >= 15 is 0 Å². The summed E-state index contributed by atoms with van der Waals surface area (Å²) in [5, 5.41) is 1.11. The molecule has 0 atom stereocenters. The number of benzene rings is 1. The van der Waals surface area contributed by atoms with Gasteiger partial charge in [-0.05, 0) is 30.4 Å². The van der Waals surface area contributed by atoms with E-state index in [9.17, 15) is 9.59 Å². The largest absolute Gasteiger partial charge is 0.469 e. The first-order chi connectivity index (χ1) is 10.2. The van der Waals surface area contributed by atoms with Crippen LogP contribution in [0.2, 0.25) is 0 Å². The maximum absolute atomic E-state index is 12.5. The molecular formula is C16H17NO3S. The van der Waals surface area contributed by atoms with Gasteiger partial charge in [0, 0.05) is 17.8 Å². The Kier molecular flexibility index (Phi) is 3.92. The summed E-state index contributed by atoms with van der Waals surface area (Å²) in [6.07, 6.45) is 1.37. The summed E-state index contributed by atoms with van der Waals surface area (Å²) >= 11 is 1.53. The number of hydrogen-bond donors (Lipinski definition) is 0. The first-order valence-corrected chi connectivity index (χ1v) is 7.86. The fraction of sp³-hybridized carbons (Fsp3) is 0.375. The summed E-state index contributed by atoms with van der Waals surface area (Å²) in [5.74, 6) is -0.162. The van der Waals surface area contributed by atoms with E-state index in [1.165, 1.54) is 18.4 Å². The van der Waals surface area contributed by atoms with Crippen LogP contribution in [0.4, 0.5) is 0 Å². The van der Waals surface area contributed by atoms with Crippen LogP contribution in [0.5, 0.6) is 0 Å². The van der Waals surface area contributed by atoms with Crippen molar-refractivity contribution in [3.63, 3.8) is 0 Å². The number of methoxy groups -OCH3 is 1. The molecule has 1 fully saturated rings. The smallest absolute Gasteiger partial charge is 0.308 e. The van der Waals surface area contributed by atoms with Crippen molar-refractivity contribution >= 4 is 33.3 Å². The maximum atomic E-state index is 12.5. The van der Waals surface area contributed by atoms with Crippen LogP contribution in [-0.4, -0.2) is 37.0 Å². The highest BCUT2D eigenvalue weighted by atomic mass is 32.1. The van der Waals surface area contributed by atoms with Gasteiger partial charge in [0.05, 0.1) is 17.9 Å². The Hall–Kier alpha value is -1.88. The Morgan fingerprint density at radius 2 is 1.95 bits per heavy atom. The second-order valence-corrected chi connectivity index (χ2v) is 6.32. The van der Waals surface area contributed by atoms with Gasteiger partial charge in [-0.2, -0.15) is 0 Å². The van der Waals surface area contributed by atoms with E-state index < -0.39 is 0 Å². The zero-order chi connectivity index (χ0) is 14.8. The van der Waals surface area contributed by atoms with Crippen LogP contribution in [0.1, 0.15) is 22.5 Å². The average Bonchev–Trinajstić information content (AvgIpc) is 2.97. The van der Waals surface area contributed by atoms with Crippen molar-refractivity contribution in [3.05, 3.63) is 35.2 Å². The predicted octanol–water partition coefficient (Wildman–Crippen LogP) is 2.93. The van der Waals surface area contributed by atoms with E-state index in [0.717, 1.165) is 15.0 Å². The van der Waals surface area contributed by atoms with Crippen LogP contribution in [0.3, 0.4) is 0 Å². The van der Waals surface area contributed by atoms with E-state index in [0.29, 0.717) is 25.9 Å². The molecule has 0 saturated carbocycles. The molecule has 2 heterocycles. The molecule has 0 unspecified atom stereocenters. The number of carbonyl (C=O) groups excluding carboxylic acids is 2. The number of rotatable bonds is 2. The minimum Gasteiger partial charge on any atom is -0.469 e. The van der Waals surface area contributed by atoms with Crippen molar-refractivity contribution in [2.45, 2.75) is 12.8 Å². The van der Waals surface area contributed by atoms with E-state index in [1.54, 1.807) is 0 Å². The number of carbonyl (C=O) groups is 2. The molecule has 1 saturated heterocycles. The second-order valence-electron chi connectivity index (χ2n) is 5.24. The molecule has 0 bridgehead atoms. The number of nitrogens with zero attached hydrogens (tertiary/aromatic N) is 1. The highest BCUT2D eigenvalue weighted by molar-refractivity contribution is 7.20. The Morgan fingerprint density at radius 3 is 2.62 bits per heavy atom. The molecule has 5 heteroatoms. The fourth-order valence-electron chi connectivity index (χ4n) is 2.73. The quantitative estimate of drug-likeness (QED) is 0.801. The lowest BCUT2D eigenvalue weighted by Gasteiger charge is -2.30. The number of thiophene rings is 1. The van der Waals surface area contributed by atoms with Crippen molar-refractivity contribution in [3.8, 4) is 0 Å². The second kappa shape index (κ2) is 5.85. The normalized spacial score (nSPS) is 16.1. The van der Waals surface area contributed by atoms with Crippen LogP contribution < -0.4 is 0 Å². The minimum atomic E-state index is -0.163. The third kappa shape index (κ3) is 2.78. The van der Waals surface area contributed by atoms with Crippen molar-refractivity contribution in [1.29, 1.82) is 0 Å². The van der Waals surface area contributed by atoms with Gasteiger partial charge in [-0.15, -0.1) is 11.3 Å². The lowest BCUT2D eigenvalue weighted by molar-refractivity contribution is -0.146. The van der Waals surface area contributed by atoms with Crippen molar-refractivity contribution in [2.24, 2.45) is 5.92 Å². The Balaban J connectivity index is 1.70. The van der Waals surface area contributed by atoms with E-state index in [-0.39, 0.29) is 17.8 Å². The zero-order valence-corrected chi connectivity index (χ0v) is 12.7. The summed E-state index contributed by atoms with van der Waals surface area (Å²) in [4.78, 5) is 26.7. The van der Waals surface area contributed by atoms with E-state index in [4.69, 9.17) is 4.74 Å². The minimum absolute atomic E-state index is 0.0681. The lowest BCUT2D eigenvalue weighted by atomic mass is 9.97. The van der Waals surface area contributed by atoms with Gasteiger partial charge in [0.25, 0.3) is 5.91 Å². The van der Waals surface area contributed by atoms with Crippen molar-refractivity contribution in [2.75, 3.05) is 20.2 Å². The Labute approximate surface area is 127 Å². The molecule has 0 radical (unpaired) electrons. The van der Waals surface area contributed by atoms with Gasteiger partial charge >= 0.3 is 5.97 Å². The molecular weight excluding hydrogens is 286 g/mol. The molecule has 0 spiro atoms. The molecule has 0 aliphatic carbocycles. The van der Waals surface area contributed by atoms with E-state index in [1.807, 2.05) is 35.2 Å². The maximum Gasteiger partial charge on any atom is 0.308 e. The molecule has 2 aromatic rings. The summed E-state index contributed by atoms with van der Waals surface area (Å²) in [7, 11) is 1.41. The molecule has 1 amide bonds. The van der Waals surface area contributed by atoms with Crippen LogP contribution in [0, 0.1) is 5.92 Å². The van der Waals surface area contributed by atoms with Crippen LogP contribution in [0.25, 0.3) is 10.1 Å². The topological polar surface area (TPSA) is 46.6 Å². The number of piperidine rings is 1. The number of amides is 1. The molecule has 4 nitrogen and oxygen atoms in total. The van der Waals surface area contributed by atoms with Gasteiger partial charge in [0.1, 0.15) is 0 Å². The number of esters is 1. The van der Waals surface area contributed by atoms with Gasteiger partial charge < -0.3 is 9.64 Å². The Morgan fingerprint density at radius 1 is 1.24 bits per heavy atom. The van der Waals surface area contributed by atoms with Crippen molar-refractivity contribution in [1.82, 2.24) is 4.90 Å². The molecule has 1 aromatic carbocycles. The molecule has 0 N–H and O–H groups in total. The predicted molar refractivity (Wildman–Crippen MR) is 82.5 cm³/mol. The third-order valence-corrected chi connectivity index (χ3v) is 5.06. The van der Waals surface area contributed by atoms with Gasteiger partial charge in [0.2, 0.25) is 0 Å². The number of fused-ring (bicyclic) bond motifs is 1. The highest BCUT2D eigenvalue weighted by Crippen LogP contribution is 2.28. The lowest BCUT2D eigenvalue weighted by Crippen LogP contribution is -2.40. The molecule has 21 heavy (non-hydrogen) atoms. The zero-order valence-electron chi connectivity index (χ0n) is 11.9. The standard InChI is InChI=1S/C16H17NO3S/c1-20-16(19)11-6-8-17(9-7-11)15(18)14-10-12-4-2-3-5-13(12)21-14/h2-5,10-11H,6-9H2,1H3.